The van der Waals surface area contributed by atoms with Crippen molar-refractivity contribution in [1.29, 1.82) is 0 Å². The maximum atomic E-state index is 13.0. The second-order valence-corrected chi connectivity index (χ2v) is 9.16. The standard InChI is InChI=1S/C25H20N2O4S2/c1-29-19-11-15(12-20(30-2)23(19)31-3)26-24(28)14-8-9-18-22(10-14)33-25(27-18)17-13-32-21-7-5-4-6-16(17)21/h4-13H,1-3H3,(H,26,28). The molecule has 0 saturated heterocycles. The van der Waals surface area contributed by atoms with Gasteiger partial charge in [-0.3, -0.25) is 4.79 Å². The number of aromatic nitrogens is 1. The number of hydrogen-bond acceptors (Lipinski definition) is 7. The Hall–Kier alpha value is -3.62. The van der Waals surface area contributed by atoms with Gasteiger partial charge >= 0.3 is 0 Å². The molecule has 5 aromatic rings. The normalized spacial score (nSPS) is 11.0. The van der Waals surface area contributed by atoms with E-state index in [4.69, 9.17) is 19.2 Å². The van der Waals surface area contributed by atoms with E-state index in [1.165, 1.54) is 31.4 Å². The molecule has 2 aromatic heterocycles. The Kier molecular flexibility index (Phi) is 5.62. The molecule has 1 amide bonds. The third-order valence-corrected chi connectivity index (χ3v) is 7.30. The van der Waals surface area contributed by atoms with Crippen molar-refractivity contribution in [2.75, 3.05) is 26.6 Å². The number of amides is 1. The van der Waals surface area contributed by atoms with Crippen LogP contribution in [0.2, 0.25) is 0 Å². The molecule has 0 radical (unpaired) electrons. The minimum absolute atomic E-state index is 0.234. The van der Waals surface area contributed by atoms with Gasteiger partial charge in [-0.05, 0) is 24.3 Å². The number of carbonyl (C=O) groups excluding carboxylic acids is 1. The van der Waals surface area contributed by atoms with Crippen LogP contribution in [0, 0.1) is 0 Å². The molecule has 33 heavy (non-hydrogen) atoms. The molecule has 2 heterocycles. The first-order valence-corrected chi connectivity index (χ1v) is 11.8. The molecule has 1 N–H and O–H groups in total. The van der Waals surface area contributed by atoms with Crippen molar-refractivity contribution in [2.45, 2.75) is 0 Å². The summed E-state index contributed by atoms with van der Waals surface area (Å²) in [5.41, 5.74) is 3.08. The fraction of sp³-hybridized carbons (Fsp3) is 0.120. The second kappa shape index (κ2) is 8.73. The first-order valence-electron chi connectivity index (χ1n) is 10.1. The van der Waals surface area contributed by atoms with Crippen LogP contribution < -0.4 is 19.5 Å². The fourth-order valence-corrected chi connectivity index (χ4v) is 5.74. The van der Waals surface area contributed by atoms with Gasteiger partial charge in [-0.25, -0.2) is 4.98 Å². The summed E-state index contributed by atoms with van der Waals surface area (Å²) < 4.78 is 18.3. The lowest BCUT2D eigenvalue weighted by Crippen LogP contribution is -2.12. The van der Waals surface area contributed by atoms with Crippen LogP contribution in [0.25, 0.3) is 30.9 Å². The summed E-state index contributed by atoms with van der Waals surface area (Å²) in [6.45, 7) is 0. The molecule has 0 atom stereocenters. The SMILES string of the molecule is COc1cc(NC(=O)c2ccc3nc(-c4csc5ccccc45)sc3c2)cc(OC)c1OC. The average molecular weight is 477 g/mol. The summed E-state index contributed by atoms with van der Waals surface area (Å²) in [5, 5.41) is 7.20. The van der Waals surface area contributed by atoms with Gasteiger partial charge < -0.3 is 19.5 Å². The van der Waals surface area contributed by atoms with E-state index in [-0.39, 0.29) is 5.91 Å². The molecule has 5 rings (SSSR count). The van der Waals surface area contributed by atoms with Gasteiger partial charge in [0, 0.05) is 44.4 Å². The van der Waals surface area contributed by atoms with E-state index in [1.54, 1.807) is 40.9 Å². The van der Waals surface area contributed by atoms with Crippen molar-refractivity contribution in [3.05, 3.63) is 65.5 Å². The van der Waals surface area contributed by atoms with Crippen molar-refractivity contribution in [1.82, 2.24) is 4.98 Å². The average Bonchev–Trinajstić information content (AvgIpc) is 3.46. The third kappa shape index (κ3) is 3.88. The zero-order chi connectivity index (χ0) is 22.9. The quantitative estimate of drug-likeness (QED) is 0.305. The number of fused-ring (bicyclic) bond motifs is 2. The van der Waals surface area contributed by atoms with E-state index in [1.807, 2.05) is 24.3 Å². The van der Waals surface area contributed by atoms with Gasteiger partial charge in [-0.15, -0.1) is 22.7 Å². The Balaban J connectivity index is 1.45. The van der Waals surface area contributed by atoms with Crippen molar-refractivity contribution >= 4 is 54.6 Å². The lowest BCUT2D eigenvalue weighted by atomic mass is 10.2. The van der Waals surface area contributed by atoms with Crippen LogP contribution in [0.4, 0.5) is 5.69 Å². The minimum atomic E-state index is -0.234. The van der Waals surface area contributed by atoms with Crippen LogP contribution in [0.5, 0.6) is 17.2 Å². The number of carbonyl (C=O) groups is 1. The van der Waals surface area contributed by atoms with Crippen LogP contribution in [0.1, 0.15) is 10.4 Å². The van der Waals surface area contributed by atoms with Gasteiger partial charge in [0.2, 0.25) is 5.75 Å². The van der Waals surface area contributed by atoms with E-state index in [0.29, 0.717) is 28.5 Å². The summed E-state index contributed by atoms with van der Waals surface area (Å²) >= 11 is 3.29. The number of benzene rings is 3. The summed E-state index contributed by atoms with van der Waals surface area (Å²) in [4.78, 5) is 17.8. The Morgan fingerprint density at radius 3 is 2.39 bits per heavy atom. The number of nitrogens with one attached hydrogen (secondary N) is 1. The van der Waals surface area contributed by atoms with Gasteiger partial charge in [0.05, 0.1) is 31.5 Å². The second-order valence-electron chi connectivity index (χ2n) is 7.22. The zero-order valence-electron chi connectivity index (χ0n) is 18.2. The number of methoxy groups -OCH3 is 3. The van der Waals surface area contributed by atoms with Crippen LogP contribution in [-0.2, 0) is 0 Å². The molecular weight excluding hydrogens is 456 g/mol. The van der Waals surface area contributed by atoms with Gasteiger partial charge in [0.1, 0.15) is 5.01 Å². The van der Waals surface area contributed by atoms with E-state index < -0.39 is 0 Å². The molecule has 0 unspecified atom stereocenters. The first kappa shape index (κ1) is 21.2. The van der Waals surface area contributed by atoms with Crippen LogP contribution in [-0.4, -0.2) is 32.2 Å². The number of anilines is 1. The van der Waals surface area contributed by atoms with Crippen LogP contribution >= 0.6 is 22.7 Å². The summed E-state index contributed by atoms with van der Waals surface area (Å²) in [5.74, 6) is 1.18. The Morgan fingerprint density at radius 1 is 0.909 bits per heavy atom. The fourth-order valence-electron chi connectivity index (χ4n) is 3.68. The monoisotopic (exact) mass is 476 g/mol. The molecule has 0 saturated carbocycles. The van der Waals surface area contributed by atoms with Crippen LogP contribution in [0.3, 0.4) is 0 Å². The van der Waals surface area contributed by atoms with Crippen molar-refractivity contribution in [3.8, 4) is 27.8 Å². The molecule has 0 aliphatic heterocycles. The Bertz CT molecular complexity index is 1460. The molecule has 0 bridgehead atoms. The summed E-state index contributed by atoms with van der Waals surface area (Å²) in [7, 11) is 4.61. The molecule has 0 aliphatic carbocycles. The lowest BCUT2D eigenvalue weighted by Gasteiger charge is -2.14. The van der Waals surface area contributed by atoms with Crippen molar-refractivity contribution in [2.24, 2.45) is 0 Å². The van der Waals surface area contributed by atoms with Gasteiger partial charge in [0.25, 0.3) is 5.91 Å². The predicted molar refractivity (Wildman–Crippen MR) is 134 cm³/mol. The molecule has 3 aromatic carbocycles. The highest BCUT2D eigenvalue weighted by Gasteiger charge is 2.17. The molecule has 0 aliphatic rings. The molecule has 0 fully saturated rings. The molecule has 166 valence electrons. The van der Waals surface area contributed by atoms with Gasteiger partial charge in [-0.2, -0.15) is 0 Å². The van der Waals surface area contributed by atoms with Gasteiger partial charge in [0.15, 0.2) is 11.5 Å². The molecular formula is C25H20N2O4S2. The molecule has 6 nitrogen and oxygen atoms in total. The largest absolute Gasteiger partial charge is 0.493 e. The lowest BCUT2D eigenvalue weighted by molar-refractivity contribution is 0.102. The van der Waals surface area contributed by atoms with Gasteiger partial charge in [-0.1, -0.05) is 18.2 Å². The molecule has 0 spiro atoms. The maximum Gasteiger partial charge on any atom is 0.255 e. The molecule has 8 heteroatoms. The highest BCUT2D eigenvalue weighted by molar-refractivity contribution is 7.22. The topological polar surface area (TPSA) is 69.7 Å². The van der Waals surface area contributed by atoms with Crippen molar-refractivity contribution < 1.29 is 19.0 Å². The number of ether oxygens (including phenoxy) is 3. The smallest absolute Gasteiger partial charge is 0.255 e. The van der Waals surface area contributed by atoms with E-state index in [2.05, 4.69) is 22.8 Å². The first-order chi connectivity index (χ1) is 16.1. The zero-order valence-corrected chi connectivity index (χ0v) is 19.8. The number of rotatable bonds is 6. The maximum absolute atomic E-state index is 13.0. The Morgan fingerprint density at radius 2 is 1.67 bits per heavy atom. The van der Waals surface area contributed by atoms with E-state index in [0.717, 1.165) is 20.8 Å². The summed E-state index contributed by atoms with van der Waals surface area (Å²) in [6, 6.07) is 17.2. The number of thiazole rings is 1. The number of hydrogen-bond donors (Lipinski definition) is 1. The third-order valence-electron chi connectivity index (χ3n) is 5.28. The highest BCUT2D eigenvalue weighted by atomic mass is 32.1. The summed E-state index contributed by atoms with van der Waals surface area (Å²) in [6.07, 6.45) is 0. The highest BCUT2D eigenvalue weighted by Crippen LogP contribution is 2.40. The van der Waals surface area contributed by atoms with E-state index >= 15 is 0 Å². The van der Waals surface area contributed by atoms with E-state index in [9.17, 15) is 4.79 Å². The Labute approximate surface area is 198 Å². The number of thiophene rings is 1. The van der Waals surface area contributed by atoms with Crippen molar-refractivity contribution in [3.63, 3.8) is 0 Å². The van der Waals surface area contributed by atoms with Crippen LogP contribution in [0.15, 0.2) is 60.0 Å². The number of nitrogens with zero attached hydrogens (tertiary/aromatic N) is 1. The predicted octanol–water partition coefficient (Wildman–Crippen LogP) is 6.46. The minimum Gasteiger partial charge on any atom is -0.493 e.